The van der Waals surface area contributed by atoms with E-state index in [1.165, 1.54) is 6.92 Å². The third-order valence-electron chi connectivity index (χ3n) is 2.41. The van der Waals surface area contributed by atoms with Gasteiger partial charge in [-0.05, 0) is 26.2 Å². The first-order chi connectivity index (χ1) is 8.49. The van der Waals surface area contributed by atoms with Crippen molar-refractivity contribution in [2.24, 2.45) is 0 Å². The van der Waals surface area contributed by atoms with Gasteiger partial charge in [-0.15, -0.1) is 11.6 Å². The van der Waals surface area contributed by atoms with Crippen molar-refractivity contribution >= 4 is 29.4 Å². The lowest BCUT2D eigenvalue weighted by Gasteiger charge is -2.07. The van der Waals surface area contributed by atoms with E-state index in [1.54, 1.807) is 0 Å². The SMILES string of the molecule is CC(Cl)C(=O)NC(=O)NCCCC(=O)NC1CC1. The fourth-order valence-electron chi connectivity index (χ4n) is 1.23. The predicted molar refractivity (Wildman–Crippen MR) is 67.3 cm³/mol. The molecule has 0 spiro atoms. The molecular weight excluding hydrogens is 258 g/mol. The number of imide groups is 1. The molecule has 3 N–H and O–H groups in total. The van der Waals surface area contributed by atoms with Crippen LogP contribution >= 0.6 is 11.6 Å². The molecule has 0 saturated heterocycles. The third kappa shape index (κ3) is 6.44. The minimum Gasteiger partial charge on any atom is -0.353 e. The third-order valence-corrected chi connectivity index (χ3v) is 2.60. The van der Waals surface area contributed by atoms with Crippen molar-refractivity contribution in [3.05, 3.63) is 0 Å². The first kappa shape index (κ1) is 14.8. The summed E-state index contributed by atoms with van der Waals surface area (Å²) in [6.45, 7) is 1.82. The van der Waals surface area contributed by atoms with Gasteiger partial charge in [-0.1, -0.05) is 0 Å². The number of rotatable bonds is 6. The van der Waals surface area contributed by atoms with E-state index in [0.29, 0.717) is 25.4 Å². The van der Waals surface area contributed by atoms with Crippen LogP contribution in [0, 0.1) is 0 Å². The molecular formula is C11H18ClN3O3. The van der Waals surface area contributed by atoms with Gasteiger partial charge in [0.05, 0.1) is 0 Å². The predicted octanol–water partition coefficient (Wildman–Crippen LogP) is 0.498. The van der Waals surface area contributed by atoms with Crippen LogP contribution in [0.1, 0.15) is 32.6 Å². The number of hydrogen-bond acceptors (Lipinski definition) is 3. The van der Waals surface area contributed by atoms with E-state index in [4.69, 9.17) is 11.6 Å². The van der Waals surface area contributed by atoms with E-state index in [-0.39, 0.29) is 5.91 Å². The highest BCUT2D eigenvalue weighted by Crippen LogP contribution is 2.18. The van der Waals surface area contributed by atoms with E-state index >= 15 is 0 Å². The smallest absolute Gasteiger partial charge is 0.321 e. The maximum absolute atomic E-state index is 11.3. The molecule has 1 rings (SSSR count). The van der Waals surface area contributed by atoms with E-state index in [0.717, 1.165) is 12.8 Å². The molecule has 0 aromatic rings. The Hall–Kier alpha value is -1.30. The summed E-state index contributed by atoms with van der Waals surface area (Å²) >= 11 is 5.48. The number of carbonyl (C=O) groups excluding carboxylic acids is 3. The second-order valence-corrected chi connectivity index (χ2v) is 4.96. The maximum atomic E-state index is 11.3. The summed E-state index contributed by atoms with van der Waals surface area (Å²) in [6, 6.07) is -0.230. The van der Waals surface area contributed by atoms with E-state index in [2.05, 4.69) is 16.0 Å². The fourth-order valence-corrected chi connectivity index (χ4v) is 1.29. The van der Waals surface area contributed by atoms with Crippen LogP contribution in [0.25, 0.3) is 0 Å². The van der Waals surface area contributed by atoms with Crippen molar-refractivity contribution in [1.82, 2.24) is 16.0 Å². The van der Waals surface area contributed by atoms with Gasteiger partial charge in [-0.2, -0.15) is 0 Å². The van der Waals surface area contributed by atoms with Gasteiger partial charge in [-0.3, -0.25) is 14.9 Å². The minimum absolute atomic E-state index is 0.00478. The Morgan fingerprint density at radius 1 is 1.33 bits per heavy atom. The molecule has 4 amide bonds. The van der Waals surface area contributed by atoms with Crippen LogP contribution in [-0.4, -0.2) is 35.8 Å². The number of amides is 4. The van der Waals surface area contributed by atoms with Gasteiger partial charge < -0.3 is 10.6 Å². The van der Waals surface area contributed by atoms with Crippen LogP contribution in [0.5, 0.6) is 0 Å². The van der Waals surface area contributed by atoms with Crippen molar-refractivity contribution in [2.75, 3.05) is 6.54 Å². The first-order valence-electron chi connectivity index (χ1n) is 6.01. The standard InChI is InChI=1S/C11H18ClN3O3/c1-7(12)10(17)15-11(18)13-6-2-3-9(16)14-8-4-5-8/h7-8H,2-6H2,1H3,(H,14,16)(H2,13,15,17,18). The summed E-state index contributed by atoms with van der Waals surface area (Å²) in [5.41, 5.74) is 0. The summed E-state index contributed by atoms with van der Waals surface area (Å²) in [7, 11) is 0. The molecule has 7 heteroatoms. The Morgan fingerprint density at radius 3 is 2.56 bits per heavy atom. The summed E-state index contributed by atoms with van der Waals surface area (Å²) in [5, 5.41) is 6.67. The number of hydrogen-bond donors (Lipinski definition) is 3. The molecule has 18 heavy (non-hydrogen) atoms. The molecule has 0 heterocycles. The average molecular weight is 276 g/mol. The molecule has 102 valence electrons. The van der Waals surface area contributed by atoms with Crippen molar-refractivity contribution < 1.29 is 14.4 Å². The zero-order chi connectivity index (χ0) is 13.5. The number of nitrogens with one attached hydrogen (secondary N) is 3. The summed E-state index contributed by atoms with van der Waals surface area (Å²) < 4.78 is 0. The van der Waals surface area contributed by atoms with Gasteiger partial charge in [0, 0.05) is 19.0 Å². The lowest BCUT2D eigenvalue weighted by Crippen LogP contribution is -2.42. The average Bonchev–Trinajstić information content (AvgIpc) is 3.08. The Balaban J connectivity index is 2.00. The van der Waals surface area contributed by atoms with Crippen molar-refractivity contribution in [1.29, 1.82) is 0 Å². The van der Waals surface area contributed by atoms with E-state index in [9.17, 15) is 14.4 Å². The molecule has 1 aliphatic rings. The number of carbonyl (C=O) groups is 3. The van der Waals surface area contributed by atoms with Crippen LogP contribution < -0.4 is 16.0 Å². The van der Waals surface area contributed by atoms with Crippen LogP contribution in [0.15, 0.2) is 0 Å². The summed E-state index contributed by atoms with van der Waals surface area (Å²) in [5.74, 6) is -0.536. The van der Waals surface area contributed by atoms with Crippen LogP contribution in [-0.2, 0) is 9.59 Å². The van der Waals surface area contributed by atoms with Gasteiger partial charge in [0.2, 0.25) is 11.8 Å². The highest BCUT2D eigenvalue weighted by molar-refractivity contribution is 6.31. The van der Waals surface area contributed by atoms with Crippen molar-refractivity contribution in [2.45, 2.75) is 44.0 Å². The molecule has 1 fully saturated rings. The fraction of sp³-hybridized carbons (Fsp3) is 0.727. The second-order valence-electron chi connectivity index (χ2n) is 4.31. The van der Waals surface area contributed by atoms with Gasteiger partial charge in [0.1, 0.15) is 5.38 Å². The highest BCUT2D eigenvalue weighted by Gasteiger charge is 2.22. The molecule has 1 saturated carbocycles. The first-order valence-corrected chi connectivity index (χ1v) is 6.45. The minimum atomic E-state index is -0.750. The molecule has 0 radical (unpaired) electrons. The molecule has 0 aromatic heterocycles. The molecule has 1 atom stereocenters. The van der Waals surface area contributed by atoms with Crippen LogP contribution in [0.4, 0.5) is 4.79 Å². The highest BCUT2D eigenvalue weighted by atomic mass is 35.5. The Labute approximate surface area is 111 Å². The largest absolute Gasteiger partial charge is 0.353 e. The van der Waals surface area contributed by atoms with Gasteiger partial charge in [0.15, 0.2) is 0 Å². The zero-order valence-electron chi connectivity index (χ0n) is 10.3. The van der Waals surface area contributed by atoms with E-state index in [1.807, 2.05) is 0 Å². The monoisotopic (exact) mass is 275 g/mol. The Morgan fingerprint density at radius 2 is 2.00 bits per heavy atom. The summed E-state index contributed by atoms with van der Waals surface area (Å²) in [4.78, 5) is 33.5. The maximum Gasteiger partial charge on any atom is 0.321 e. The molecule has 0 aliphatic heterocycles. The number of halogens is 1. The van der Waals surface area contributed by atoms with Crippen LogP contribution in [0.2, 0.25) is 0 Å². The molecule has 0 bridgehead atoms. The van der Waals surface area contributed by atoms with Gasteiger partial charge in [-0.25, -0.2) is 4.79 Å². The lowest BCUT2D eigenvalue weighted by molar-refractivity contribution is -0.121. The van der Waals surface area contributed by atoms with Crippen molar-refractivity contribution in [3.63, 3.8) is 0 Å². The number of urea groups is 1. The topological polar surface area (TPSA) is 87.3 Å². The van der Waals surface area contributed by atoms with Crippen LogP contribution in [0.3, 0.4) is 0 Å². The Kier molecular flexibility index (Phi) is 5.91. The quantitative estimate of drug-likeness (QED) is 0.487. The van der Waals surface area contributed by atoms with E-state index < -0.39 is 17.3 Å². The normalized spacial score (nSPS) is 15.7. The van der Waals surface area contributed by atoms with Crippen molar-refractivity contribution in [3.8, 4) is 0 Å². The zero-order valence-corrected chi connectivity index (χ0v) is 11.0. The lowest BCUT2D eigenvalue weighted by atomic mass is 10.3. The molecule has 6 nitrogen and oxygen atoms in total. The Bertz CT molecular complexity index is 329. The summed E-state index contributed by atoms with van der Waals surface area (Å²) in [6.07, 6.45) is 3.03. The molecule has 1 aliphatic carbocycles. The molecule has 1 unspecified atom stereocenters. The second kappa shape index (κ2) is 7.20. The van der Waals surface area contributed by atoms with Gasteiger partial charge in [0.25, 0.3) is 0 Å². The molecule has 0 aromatic carbocycles. The van der Waals surface area contributed by atoms with Gasteiger partial charge >= 0.3 is 6.03 Å². The number of alkyl halides is 1.